The molecular weight excluding hydrogens is 374 g/mol. The maximum absolute atomic E-state index is 11.2. The number of hydrogen-bond acceptors (Lipinski definition) is 5. The number of benzene rings is 1. The highest BCUT2D eigenvalue weighted by atomic mass is 16.7. The van der Waals surface area contributed by atoms with Gasteiger partial charge in [0.1, 0.15) is 18.2 Å². The fourth-order valence-corrected chi connectivity index (χ4v) is 3.03. The zero-order valence-electron chi connectivity index (χ0n) is 17.2. The molecule has 158 valence electrons. The van der Waals surface area contributed by atoms with Gasteiger partial charge in [-0.2, -0.15) is 5.10 Å². The van der Waals surface area contributed by atoms with Crippen molar-refractivity contribution in [1.29, 1.82) is 0 Å². The van der Waals surface area contributed by atoms with E-state index in [9.17, 15) is 4.79 Å². The summed E-state index contributed by atoms with van der Waals surface area (Å²) in [5, 5.41) is 16.2. The standard InChI is InChI=1S/C21H29N3O5/c1-21(2,3)17-14-18(22-20(25)26)24(23-17)15-7-6-8-16(13-15)27-11-12-29-19-9-4-5-10-28-19/h6-8,13-14,19,22H,4-5,9-12H2,1-3H3,(H,25,26). The van der Waals surface area contributed by atoms with E-state index in [1.807, 2.05) is 45.0 Å². The molecule has 8 heteroatoms. The Kier molecular flexibility index (Phi) is 6.76. The van der Waals surface area contributed by atoms with Gasteiger partial charge in [0.15, 0.2) is 6.29 Å². The Hall–Kier alpha value is -2.58. The molecular formula is C21H29N3O5. The number of rotatable bonds is 7. The minimum absolute atomic E-state index is 0.136. The summed E-state index contributed by atoms with van der Waals surface area (Å²) in [6.07, 6.45) is 1.86. The molecule has 0 radical (unpaired) electrons. The van der Waals surface area contributed by atoms with Crippen molar-refractivity contribution in [2.24, 2.45) is 0 Å². The molecule has 1 aliphatic rings. The average Bonchev–Trinajstić information content (AvgIpc) is 3.10. The lowest BCUT2D eigenvalue weighted by Gasteiger charge is -2.22. The largest absolute Gasteiger partial charge is 0.491 e. The summed E-state index contributed by atoms with van der Waals surface area (Å²) in [4.78, 5) is 11.2. The van der Waals surface area contributed by atoms with Gasteiger partial charge in [0.2, 0.25) is 0 Å². The second-order valence-corrected chi connectivity index (χ2v) is 8.02. The van der Waals surface area contributed by atoms with Crippen LogP contribution in [0.15, 0.2) is 30.3 Å². The third-order valence-corrected chi connectivity index (χ3v) is 4.57. The molecule has 1 amide bonds. The molecule has 1 saturated heterocycles. The molecule has 1 aromatic heterocycles. The predicted octanol–water partition coefficient (Wildman–Crippen LogP) is 4.18. The summed E-state index contributed by atoms with van der Waals surface area (Å²) in [6, 6.07) is 9.12. The minimum atomic E-state index is -1.14. The topological polar surface area (TPSA) is 94.8 Å². The van der Waals surface area contributed by atoms with Gasteiger partial charge >= 0.3 is 6.09 Å². The number of carbonyl (C=O) groups is 1. The summed E-state index contributed by atoms with van der Waals surface area (Å²) in [6.45, 7) is 7.67. The van der Waals surface area contributed by atoms with Crippen LogP contribution in [0.5, 0.6) is 5.75 Å². The van der Waals surface area contributed by atoms with E-state index in [-0.39, 0.29) is 11.7 Å². The molecule has 0 bridgehead atoms. The van der Waals surface area contributed by atoms with Crippen LogP contribution in [0.1, 0.15) is 45.7 Å². The van der Waals surface area contributed by atoms with E-state index in [4.69, 9.17) is 19.3 Å². The van der Waals surface area contributed by atoms with Crippen molar-refractivity contribution in [3.05, 3.63) is 36.0 Å². The molecule has 2 heterocycles. The quantitative estimate of drug-likeness (QED) is 0.674. The number of hydrogen-bond donors (Lipinski definition) is 2. The third-order valence-electron chi connectivity index (χ3n) is 4.57. The van der Waals surface area contributed by atoms with Crippen molar-refractivity contribution in [3.63, 3.8) is 0 Å². The third kappa shape index (κ3) is 5.95. The van der Waals surface area contributed by atoms with Crippen molar-refractivity contribution >= 4 is 11.9 Å². The molecule has 8 nitrogen and oxygen atoms in total. The van der Waals surface area contributed by atoms with Crippen molar-refractivity contribution in [2.75, 3.05) is 25.1 Å². The van der Waals surface area contributed by atoms with Gasteiger partial charge in [-0.3, -0.25) is 5.32 Å². The van der Waals surface area contributed by atoms with E-state index in [0.717, 1.165) is 31.6 Å². The van der Waals surface area contributed by atoms with E-state index in [0.29, 0.717) is 30.5 Å². The maximum Gasteiger partial charge on any atom is 0.410 e. The van der Waals surface area contributed by atoms with E-state index >= 15 is 0 Å². The Bertz CT molecular complexity index is 822. The summed E-state index contributed by atoms with van der Waals surface area (Å²) >= 11 is 0. The Balaban J connectivity index is 1.68. The summed E-state index contributed by atoms with van der Waals surface area (Å²) < 4.78 is 18.6. The molecule has 1 unspecified atom stereocenters. The van der Waals surface area contributed by atoms with Gasteiger partial charge in [0.05, 0.1) is 18.0 Å². The Morgan fingerprint density at radius 3 is 2.83 bits per heavy atom. The molecule has 0 saturated carbocycles. The smallest absolute Gasteiger partial charge is 0.410 e. The first-order valence-corrected chi connectivity index (χ1v) is 9.90. The van der Waals surface area contributed by atoms with Gasteiger partial charge in [0.25, 0.3) is 0 Å². The first-order valence-electron chi connectivity index (χ1n) is 9.90. The van der Waals surface area contributed by atoms with Crippen LogP contribution in [0.3, 0.4) is 0 Å². The molecule has 3 rings (SSSR count). The van der Waals surface area contributed by atoms with Crippen LogP contribution >= 0.6 is 0 Å². The van der Waals surface area contributed by atoms with Gasteiger partial charge in [-0.15, -0.1) is 0 Å². The first-order chi connectivity index (χ1) is 13.8. The van der Waals surface area contributed by atoms with E-state index in [2.05, 4.69) is 10.4 Å². The SMILES string of the molecule is CC(C)(C)c1cc(NC(=O)O)n(-c2cccc(OCCOC3CCCCO3)c2)n1. The number of carboxylic acid groups (broad SMARTS) is 1. The number of amides is 1. The average molecular weight is 403 g/mol. The van der Waals surface area contributed by atoms with Gasteiger partial charge < -0.3 is 19.3 Å². The van der Waals surface area contributed by atoms with Crippen LogP contribution in [0, 0.1) is 0 Å². The van der Waals surface area contributed by atoms with Crippen molar-refractivity contribution in [2.45, 2.75) is 51.7 Å². The van der Waals surface area contributed by atoms with Crippen LogP contribution < -0.4 is 10.1 Å². The maximum atomic E-state index is 11.2. The number of anilines is 1. The molecule has 2 aromatic rings. The predicted molar refractivity (Wildman–Crippen MR) is 109 cm³/mol. The van der Waals surface area contributed by atoms with Crippen LogP contribution in [0.4, 0.5) is 10.6 Å². The van der Waals surface area contributed by atoms with Crippen LogP contribution in [-0.4, -0.2) is 47.1 Å². The molecule has 2 N–H and O–H groups in total. The normalized spacial score (nSPS) is 17.1. The second-order valence-electron chi connectivity index (χ2n) is 8.02. The summed E-state index contributed by atoms with van der Waals surface area (Å²) in [5.41, 5.74) is 1.28. The lowest BCUT2D eigenvalue weighted by molar-refractivity contribution is -0.165. The zero-order chi connectivity index (χ0) is 20.9. The zero-order valence-corrected chi connectivity index (χ0v) is 17.2. The summed E-state index contributed by atoms with van der Waals surface area (Å²) in [5.74, 6) is 1.04. The highest BCUT2D eigenvalue weighted by molar-refractivity contribution is 5.82. The Morgan fingerprint density at radius 1 is 1.31 bits per heavy atom. The van der Waals surface area contributed by atoms with Crippen molar-refractivity contribution in [3.8, 4) is 11.4 Å². The molecule has 29 heavy (non-hydrogen) atoms. The lowest BCUT2D eigenvalue weighted by Crippen LogP contribution is -2.24. The molecule has 0 spiro atoms. The number of nitrogens with zero attached hydrogens (tertiary/aromatic N) is 2. The minimum Gasteiger partial charge on any atom is -0.491 e. The molecule has 1 atom stereocenters. The summed E-state index contributed by atoms with van der Waals surface area (Å²) in [7, 11) is 0. The highest BCUT2D eigenvalue weighted by Gasteiger charge is 2.21. The second kappa shape index (κ2) is 9.28. The van der Waals surface area contributed by atoms with E-state index in [1.54, 1.807) is 10.7 Å². The highest BCUT2D eigenvalue weighted by Crippen LogP contribution is 2.27. The van der Waals surface area contributed by atoms with E-state index < -0.39 is 6.09 Å². The van der Waals surface area contributed by atoms with Crippen LogP contribution in [0.2, 0.25) is 0 Å². The number of nitrogens with one attached hydrogen (secondary N) is 1. The molecule has 0 aliphatic carbocycles. The fourth-order valence-electron chi connectivity index (χ4n) is 3.03. The lowest BCUT2D eigenvalue weighted by atomic mass is 9.92. The van der Waals surface area contributed by atoms with Crippen molar-refractivity contribution in [1.82, 2.24) is 9.78 Å². The van der Waals surface area contributed by atoms with Gasteiger partial charge in [-0.25, -0.2) is 9.48 Å². The van der Waals surface area contributed by atoms with Crippen LogP contribution in [-0.2, 0) is 14.9 Å². The first kappa shape index (κ1) is 21.1. The molecule has 1 aliphatic heterocycles. The molecule has 1 fully saturated rings. The van der Waals surface area contributed by atoms with Gasteiger partial charge in [-0.1, -0.05) is 26.8 Å². The molecule has 1 aromatic carbocycles. The fraction of sp³-hybridized carbons (Fsp3) is 0.524. The van der Waals surface area contributed by atoms with Crippen molar-refractivity contribution < 1.29 is 24.1 Å². The van der Waals surface area contributed by atoms with Crippen LogP contribution in [0.25, 0.3) is 5.69 Å². The van der Waals surface area contributed by atoms with Gasteiger partial charge in [0, 0.05) is 24.2 Å². The number of aromatic nitrogens is 2. The number of ether oxygens (including phenoxy) is 3. The Labute approximate surface area is 170 Å². The van der Waals surface area contributed by atoms with Gasteiger partial charge in [-0.05, 0) is 31.4 Å². The monoisotopic (exact) mass is 403 g/mol. The Morgan fingerprint density at radius 2 is 2.14 bits per heavy atom. The van der Waals surface area contributed by atoms with E-state index in [1.165, 1.54) is 0 Å².